The summed E-state index contributed by atoms with van der Waals surface area (Å²) in [6, 6.07) is 4.35. The Hall–Kier alpha value is -2.11. The molecular formula is C14H18N2O4. The number of esters is 1. The number of nitrogens with zero attached hydrogens (tertiary/aromatic N) is 1. The summed E-state index contributed by atoms with van der Waals surface area (Å²) in [4.78, 5) is 22.1. The molecule has 0 heterocycles. The zero-order chi connectivity index (χ0) is 14.7. The first kappa shape index (κ1) is 14.3. The van der Waals surface area contributed by atoms with Crippen LogP contribution in [0.1, 0.15) is 36.5 Å². The second-order valence-corrected chi connectivity index (χ2v) is 5.21. The van der Waals surface area contributed by atoms with Gasteiger partial charge in [0.15, 0.2) is 0 Å². The number of carbonyl (C=O) groups is 1. The van der Waals surface area contributed by atoms with Gasteiger partial charge in [0.1, 0.15) is 5.69 Å². The molecule has 1 aliphatic carbocycles. The maximum Gasteiger partial charge on any atom is 0.337 e. The topological polar surface area (TPSA) is 81.5 Å². The Kier molecular flexibility index (Phi) is 4.22. The summed E-state index contributed by atoms with van der Waals surface area (Å²) in [5.41, 5.74) is 0.644. The molecule has 1 N–H and O–H groups in total. The van der Waals surface area contributed by atoms with E-state index < -0.39 is 10.9 Å². The maximum absolute atomic E-state index is 11.5. The van der Waals surface area contributed by atoms with Crippen molar-refractivity contribution in [1.82, 2.24) is 0 Å². The second kappa shape index (κ2) is 5.90. The SMILES string of the molecule is COC(=O)c1ccc([N+](=O)[O-])c(NC(C)CC2CC2)c1. The summed E-state index contributed by atoms with van der Waals surface area (Å²) >= 11 is 0. The van der Waals surface area contributed by atoms with Crippen LogP contribution in [0.15, 0.2) is 18.2 Å². The van der Waals surface area contributed by atoms with E-state index in [0.29, 0.717) is 11.3 Å². The minimum atomic E-state index is -0.502. The lowest BCUT2D eigenvalue weighted by molar-refractivity contribution is -0.384. The molecule has 0 bridgehead atoms. The minimum absolute atomic E-state index is 0.0275. The molecular weight excluding hydrogens is 260 g/mol. The van der Waals surface area contributed by atoms with Gasteiger partial charge >= 0.3 is 5.97 Å². The summed E-state index contributed by atoms with van der Waals surface area (Å²) in [6.45, 7) is 1.99. The molecule has 0 aromatic heterocycles. The highest BCUT2D eigenvalue weighted by atomic mass is 16.6. The van der Waals surface area contributed by atoms with Gasteiger partial charge in [-0.15, -0.1) is 0 Å². The Morgan fingerprint density at radius 2 is 2.25 bits per heavy atom. The normalized spacial score (nSPS) is 15.5. The van der Waals surface area contributed by atoms with Gasteiger partial charge in [0.2, 0.25) is 0 Å². The van der Waals surface area contributed by atoms with Gasteiger partial charge in [-0.05, 0) is 31.4 Å². The van der Waals surface area contributed by atoms with E-state index in [1.165, 1.54) is 38.2 Å². The van der Waals surface area contributed by atoms with Gasteiger partial charge in [0.25, 0.3) is 5.69 Å². The Morgan fingerprint density at radius 1 is 1.55 bits per heavy atom. The third kappa shape index (κ3) is 3.46. The quantitative estimate of drug-likeness (QED) is 0.491. The third-order valence-corrected chi connectivity index (χ3v) is 3.40. The fourth-order valence-corrected chi connectivity index (χ4v) is 2.23. The van der Waals surface area contributed by atoms with Crippen molar-refractivity contribution in [3.8, 4) is 0 Å². The van der Waals surface area contributed by atoms with Crippen molar-refractivity contribution in [2.75, 3.05) is 12.4 Å². The fourth-order valence-electron chi connectivity index (χ4n) is 2.23. The summed E-state index contributed by atoms with van der Waals surface area (Å²) in [7, 11) is 1.28. The molecule has 1 aliphatic rings. The molecule has 6 heteroatoms. The number of nitro groups is 1. The van der Waals surface area contributed by atoms with E-state index in [-0.39, 0.29) is 11.7 Å². The molecule has 0 radical (unpaired) electrons. The molecule has 1 aromatic rings. The van der Waals surface area contributed by atoms with Gasteiger partial charge in [-0.1, -0.05) is 12.8 Å². The summed E-state index contributed by atoms with van der Waals surface area (Å²) < 4.78 is 4.63. The molecule has 2 rings (SSSR count). The van der Waals surface area contributed by atoms with Crippen molar-refractivity contribution in [2.45, 2.75) is 32.2 Å². The van der Waals surface area contributed by atoms with Crippen molar-refractivity contribution < 1.29 is 14.5 Å². The number of anilines is 1. The molecule has 6 nitrogen and oxygen atoms in total. The number of nitro benzene ring substituents is 1. The van der Waals surface area contributed by atoms with Crippen LogP contribution in [-0.4, -0.2) is 24.0 Å². The predicted molar refractivity (Wildman–Crippen MR) is 74.9 cm³/mol. The Balaban J connectivity index is 2.21. The molecule has 1 fully saturated rings. The minimum Gasteiger partial charge on any atom is -0.465 e. The van der Waals surface area contributed by atoms with Gasteiger partial charge in [0, 0.05) is 12.1 Å². The van der Waals surface area contributed by atoms with Gasteiger partial charge in [-0.2, -0.15) is 0 Å². The van der Waals surface area contributed by atoms with Gasteiger partial charge in [-0.25, -0.2) is 4.79 Å². The number of nitrogens with one attached hydrogen (secondary N) is 1. The zero-order valence-electron chi connectivity index (χ0n) is 11.6. The largest absolute Gasteiger partial charge is 0.465 e. The highest BCUT2D eigenvalue weighted by Crippen LogP contribution is 2.35. The van der Waals surface area contributed by atoms with Crippen LogP contribution in [0.25, 0.3) is 0 Å². The van der Waals surface area contributed by atoms with E-state index in [9.17, 15) is 14.9 Å². The first-order valence-electron chi connectivity index (χ1n) is 6.64. The predicted octanol–water partition coefficient (Wildman–Crippen LogP) is 2.98. The number of hydrogen-bond acceptors (Lipinski definition) is 5. The van der Waals surface area contributed by atoms with Crippen molar-refractivity contribution in [3.05, 3.63) is 33.9 Å². The zero-order valence-corrected chi connectivity index (χ0v) is 11.6. The fraction of sp³-hybridized carbons (Fsp3) is 0.500. The van der Waals surface area contributed by atoms with Crippen LogP contribution in [0.2, 0.25) is 0 Å². The second-order valence-electron chi connectivity index (χ2n) is 5.21. The third-order valence-electron chi connectivity index (χ3n) is 3.40. The first-order chi connectivity index (χ1) is 9.51. The van der Waals surface area contributed by atoms with Crippen molar-refractivity contribution >= 4 is 17.3 Å². The Morgan fingerprint density at radius 3 is 2.80 bits per heavy atom. The molecule has 1 atom stereocenters. The lowest BCUT2D eigenvalue weighted by Gasteiger charge is -2.15. The van der Waals surface area contributed by atoms with Gasteiger partial charge < -0.3 is 10.1 Å². The standard InChI is InChI=1S/C14H18N2O4/c1-9(7-10-3-4-10)15-12-8-11(14(17)20-2)5-6-13(12)16(18)19/h5-6,8-10,15H,3-4,7H2,1-2H3. The highest BCUT2D eigenvalue weighted by molar-refractivity contribution is 5.91. The van der Waals surface area contributed by atoms with Crippen LogP contribution in [-0.2, 0) is 4.74 Å². The van der Waals surface area contributed by atoms with E-state index >= 15 is 0 Å². The Bertz CT molecular complexity index is 526. The van der Waals surface area contributed by atoms with E-state index in [0.717, 1.165) is 12.3 Å². The smallest absolute Gasteiger partial charge is 0.337 e. The molecule has 0 aliphatic heterocycles. The number of methoxy groups -OCH3 is 1. The van der Waals surface area contributed by atoms with Gasteiger partial charge in [-0.3, -0.25) is 10.1 Å². The van der Waals surface area contributed by atoms with Crippen LogP contribution in [0.4, 0.5) is 11.4 Å². The van der Waals surface area contributed by atoms with Crippen LogP contribution in [0.3, 0.4) is 0 Å². The summed E-state index contributed by atoms with van der Waals surface area (Å²) in [5, 5.41) is 14.2. The lowest BCUT2D eigenvalue weighted by Crippen LogP contribution is -2.17. The number of hydrogen-bond donors (Lipinski definition) is 1. The van der Waals surface area contributed by atoms with Crippen LogP contribution in [0, 0.1) is 16.0 Å². The van der Waals surface area contributed by atoms with Crippen LogP contribution >= 0.6 is 0 Å². The molecule has 1 saturated carbocycles. The molecule has 108 valence electrons. The first-order valence-corrected chi connectivity index (χ1v) is 6.64. The van der Waals surface area contributed by atoms with Crippen LogP contribution < -0.4 is 5.32 Å². The molecule has 20 heavy (non-hydrogen) atoms. The molecule has 0 saturated heterocycles. The molecule has 1 aromatic carbocycles. The van der Waals surface area contributed by atoms with E-state index in [1.54, 1.807) is 0 Å². The summed E-state index contributed by atoms with van der Waals surface area (Å²) in [5.74, 6) is 0.220. The molecule has 0 amide bonds. The van der Waals surface area contributed by atoms with Crippen molar-refractivity contribution in [1.29, 1.82) is 0 Å². The van der Waals surface area contributed by atoms with Gasteiger partial charge in [0.05, 0.1) is 17.6 Å². The van der Waals surface area contributed by atoms with E-state index in [2.05, 4.69) is 10.1 Å². The van der Waals surface area contributed by atoms with Crippen LogP contribution in [0.5, 0.6) is 0 Å². The monoisotopic (exact) mass is 278 g/mol. The lowest BCUT2D eigenvalue weighted by atomic mass is 10.1. The number of carbonyl (C=O) groups excluding carboxylic acids is 1. The average molecular weight is 278 g/mol. The molecule has 0 spiro atoms. The Labute approximate surface area is 117 Å². The molecule has 1 unspecified atom stereocenters. The van der Waals surface area contributed by atoms with Crippen molar-refractivity contribution in [2.24, 2.45) is 5.92 Å². The van der Waals surface area contributed by atoms with Crippen molar-refractivity contribution in [3.63, 3.8) is 0 Å². The number of benzene rings is 1. The highest BCUT2D eigenvalue weighted by Gasteiger charge is 2.25. The number of rotatable bonds is 6. The number of ether oxygens (including phenoxy) is 1. The maximum atomic E-state index is 11.5. The van der Waals surface area contributed by atoms with E-state index in [4.69, 9.17) is 0 Å². The van der Waals surface area contributed by atoms with E-state index in [1.807, 2.05) is 6.92 Å². The average Bonchev–Trinajstić information content (AvgIpc) is 3.21. The summed E-state index contributed by atoms with van der Waals surface area (Å²) in [6.07, 6.45) is 3.45.